The number of benzene rings is 1. The van der Waals surface area contributed by atoms with Crippen LogP contribution in [0.4, 0.5) is 0 Å². The van der Waals surface area contributed by atoms with Gasteiger partial charge in [0.15, 0.2) is 0 Å². The molecule has 3 nitrogen and oxygen atoms in total. The standard InChI is InChI=1S/C13H15NO2/c1-3-11(13(15)16-2)12(9-14)10-7-5-4-6-8-10/h4-8,11-12H,3H2,1-2H3. The Bertz CT molecular complexity index is 381. The van der Waals surface area contributed by atoms with Crippen molar-refractivity contribution in [1.82, 2.24) is 0 Å². The average molecular weight is 217 g/mol. The Labute approximate surface area is 95.7 Å². The highest BCUT2D eigenvalue weighted by Gasteiger charge is 2.28. The van der Waals surface area contributed by atoms with E-state index in [1.165, 1.54) is 7.11 Å². The minimum Gasteiger partial charge on any atom is -0.469 e. The molecule has 2 unspecified atom stereocenters. The molecule has 0 amide bonds. The highest BCUT2D eigenvalue weighted by Crippen LogP contribution is 2.27. The maximum atomic E-state index is 11.5. The van der Waals surface area contributed by atoms with Gasteiger partial charge in [-0.1, -0.05) is 37.3 Å². The maximum Gasteiger partial charge on any atom is 0.310 e. The summed E-state index contributed by atoms with van der Waals surface area (Å²) < 4.78 is 4.72. The number of ether oxygens (including phenoxy) is 1. The van der Waals surface area contributed by atoms with Crippen LogP contribution in [0.5, 0.6) is 0 Å². The zero-order valence-corrected chi connectivity index (χ0v) is 9.51. The third kappa shape index (κ3) is 2.60. The highest BCUT2D eigenvalue weighted by atomic mass is 16.5. The fourth-order valence-electron chi connectivity index (χ4n) is 1.75. The molecule has 0 heterocycles. The molecular weight excluding hydrogens is 202 g/mol. The molecule has 0 spiro atoms. The molecule has 0 aliphatic carbocycles. The monoisotopic (exact) mass is 217 g/mol. The largest absolute Gasteiger partial charge is 0.469 e. The first-order valence-electron chi connectivity index (χ1n) is 5.27. The average Bonchev–Trinajstić information content (AvgIpc) is 2.36. The molecule has 0 saturated heterocycles. The molecule has 0 aliphatic heterocycles. The molecule has 0 radical (unpaired) electrons. The van der Waals surface area contributed by atoms with Crippen LogP contribution in [0, 0.1) is 17.2 Å². The van der Waals surface area contributed by atoms with Crippen LogP contribution in [0.2, 0.25) is 0 Å². The zero-order valence-electron chi connectivity index (χ0n) is 9.51. The molecule has 84 valence electrons. The van der Waals surface area contributed by atoms with Gasteiger partial charge in [0.2, 0.25) is 0 Å². The lowest BCUT2D eigenvalue weighted by Gasteiger charge is -2.18. The first kappa shape index (κ1) is 12.3. The van der Waals surface area contributed by atoms with Crippen molar-refractivity contribution in [3.63, 3.8) is 0 Å². The van der Waals surface area contributed by atoms with Crippen molar-refractivity contribution in [1.29, 1.82) is 5.26 Å². The van der Waals surface area contributed by atoms with Gasteiger partial charge in [-0.25, -0.2) is 0 Å². The van der Waals surface area contributed by atoms with Gasteiger partial charge in [-0.3, -0.25) is 4.79 Å². The summed E-state index contributed by atoms with van der Waals surface area (Å²) in [6, 6.07) is 11.5. The van der Waals surface area contributed by atoms with Gasteiger partial charge in [-0.2, -0.15) is 5.26 Å². The summed E-state index contributed by atoms with van der Waals surface area (Å²) in [5.74, 6) is -1.14. The third-order valence-corrected chi connectivity index (χ3v) is 2.64. The normalized spacial score (nSPS) is 13.6. The summed E-state index contributed by atoms with van der Waals surface area (Å²) in [5.41, 5.74) is 0.863. The number of rotatable bonds is 4. The van der Waals surface area contributed by atoms with Crippen LogP contribution in [0.15, 0.2) is 30.3 Å². The number of carbonyl (C=O) groups excluding carboxylic acids is 1. The first-order chi connectivity index (χ1) is 7.74. The summed E-state index contributed by atoms with van der Waals surface area (Å²) >= 11 is 0. The number of nitrogens with zero attached hydrogens (tertiary/aromatic N) is 1. The van der Waals surface area contributed by atoms with Crippen molar-refractivity contribution in [3.8, 4) is 6.07 Å². The van der Waals surface area contributed by atoms with Crippen LogP contribution in [-0.2, 0) is 9.53 Å². The summed E-state index contributed by atoms with van der Waals surface area (Å²) in [7, 11) is 1.35. The Morgan fingerprint density at radius 3 is 2.50 bits per heavy atom. The van der Waals surface area contributed by atoms with E-state index in [-0.39, 0.29) is 5.97 Å². The molecule has 0 fully saturated rings. The lowest BCUT2D eigenvalue weighted by Crippen LogP contribution is -2.22. The summed E-state index contributed by atoms with van der Waals surface area (Å²) in [4.78, 5) is 11.5. The predicted octanol–water partition coefficient (Wildman–Crippen LogP) is 2.49. The molecule has 1 aromatic rings. The summed E-state index contributed by atoms with van der Waals surface area (Å²) in [6.07, 6.45) is 0.597. The van der Waals surface area contributed by atoms with Crippen LogP contribution in [0.25, 0.3) is 0 Å². The minimum absolute atomic E-state index is 0.321. The van der Waals surface area contributed by atoms with E-state index in [1.807, 2.05) is 37.3 Å². The van der Waals surface area contributed by atoms with Crippen LogP contribution in [0.3, 0.4) is 0 Å². The second kappa shape index (κ2) is 5.92. The zero-order chi connectivity index (χ0) is 12.0. The van der Waals surface area contributed by atoms with Gasteiger partial charge < -0.3 is 4.74 Å². The molecular formula is C13H15NO2. The van der Waals surface area contributed by atoms with Crippen LogP contribution >= 0.6 is 0 Å². The van der Waals surface area contributed by atoms with Gasteiger partial charge in [-0.05, 0) is 12.0 Å². The van der Waals surface area contributed by atoms with Gasteiger partial charge in [0.05, 0.1) is 25.0 Å². The minimum atomic E-state index is -0.432. The van der Waals surface area contributed by atoms with Crippen molar-refractivity contribution in [2.45, 2.75) is 19.3 Å². The number of hydrogen-bond acceptors (Lipinski definition) is 3. The lowest BCUT2D eigenvalue weighted by atomic mass is 9.85. The molecule has 1 rings (SSSR count). The highest BCUT2D eigenvalue weighted by molar-refractivity contribution is 5.74. The number of esters is 1. The van der Waals surface area contributed by atoms with E-state index in [4.69, 9.17) is 10.00 Å². The fourth-order valence-corrected chi connectivity index (χ4v) is 1.75. The van der Waals surface area contributed by atoms with Crippen LogP contribution in [-0.4, -0.2) is 13.1 Å². The van der Waals surface area contributed by atoms with Gasteiger partial charge in [0, 0.05) is 0 Å². The second-order valence-corrected chi connectivity index (χ2v) is 3.56. The molecule has 0 aliphatic rings. The Morgan fingerprint density at radius 1 is 1.44 bits per heavy atom. The molecule has 2 atom stereocenters. The number of methoxy groups -OCH3 is 1. The number of carbonyl (C=O) groups is 1. The Morgan fingerprint density at radius 2 is 2.06 bits per heavy atom. The quantitative estimate of drug-likeness (QED) is 0.728. The topological polar surface area (TPSA) is 50.1 Å². The van der Waals surface area contributed by atoms with E-state index in [2.05, 4.69) is 6.07 Å². The predicted molar refractivity (Wildman–Crippen MR) is 60.6 cm³/mol. The lowest BCUT2D eigenvalue weighted by molar-refractivity contribution is -0.145. The number of nitriles is 1. The van der Waals surface area contributed by atoms with E-state index >= 15 is 0 Å². The number of hydrogen-bond donors (Lipinski definition) is 0. The Hall–Kier alpha value is -1.82. The van der Waals surface area contributed by atoms with E-state index in [0.29, 0.717) is 6.42 Å². The molecule has 0 bridgehead atoms. The van der Waals surface area contributed by atoms with Crippen LogP contribution in [0.1, 0.15) is 24.8 Å². The van der Waals surface area contributed by atoms with E-state index in [9.17, 15) is 4.79 Å². The second-order valence-electron chi connectivity index (χ2n) is 3.56. The van der Waals surface area contributed by atoms with Crippen molar-refractivity contribution in [2.24, 2.45) is 5.92 Å². The van der Waals surface area contributed by atoms with E-state index in [0.717, 1.165) is 5.56 Å². The Balaban J connectivity index is 2.98. The van der Waals surface area contributed by atoms with Crippen molar-refractivity contribution >= 4 is 5.97 Å². The van der Waals surface area contributed by atoms with Gasteiger partial charge in [0.25, 0.3) is 0 Å². The molecule has 3 heteroatoms. The molecule has 1 aromatic carbocycles. The van der Waals surface area contributed by atoms with Gasteiger partial charge >= 0.3 is 5.97 Å². The van der Waals surface area contributed by atoms with E-state index in [1.54, 1.807) is 0 Å². The summed E-state index contributed by atoms with van der Waals surface area (Å²) in [6.45, 7) is 1.88. The van der Waals surface area contributed by atoms with Gasteiger partial charge in [-0.15, -0.1) is 0 Å². The van der Waals surface area contributed by atoms with Crippen molar-refractivity contribution in [2.75, 3.05) is 7.11 Å². The van der Waals surface area contributed by atoms with Crippen LogP contribution < -0.4 is 0 Å². The van der Waals surface area contributed by atoms with Crippen molar-refractivity contribution < 1.29 is 9.53 Å². The SMILES string of the molecule is CCC(C(=O)OC)C(C#N)c1ccccc1. The van der Waals surface area contributed by atoms with Gasteiger partial charge in [0.1, 0.15) is 0 Å². The first-order valence-corrected chi connectivity index (χ1v) is 5.27. The Kier molecular flexibility index (Phi) is 4.53. The van der Waals surface area contributed by atoms with Crippen molar-refractivity contribution in [3.05, 3.63) is 35.9 Å². The molecule has 0 saturated carbocycles. The fraction of sp³-hybridized carbons (Fsp3) is 0.385. The smallest absolute Gasteiger partial charge is 0.310 e. The summed E-state index contributed by atoms with van der Waals surface area (Å²) in [5, 5.41) is 9.17. The van der Waals surface area contributed by atoms with E-state index < -0.39 is 11.8 Å². The molecule has 0 N–H and O–H groups in total. The third-order valence-electron chi connectivity index (χ3n) is 2.64. The maximum absolute atomic E-state index is 11.5. The molecule has 16 heavy (non-hydrogen) atoms. The molecule has 0 aromatic heterocycles.